The predicted octanol–water partition coefficient (Wildman–Crippen LogP) is 1.49. The van der Waals surface area contributed by atoms with Crippen molar-refractivity contribution in [3.05, 3.63) is 34.9 Å². The predicted molar refractivity (Wildman–Crippen MR) is 73.6 cm³/mol. The van der Waals surface area contributed by atoms with Gasteiger partial charge in [0, 0.05) is 18.1 Å². The molecule has 1 aromatic carbocycles. The summed E-state index contributed by atoms with van der Waals surface area (Å²) in [5.41, 5.74) is 0.771. The molecular formula is C14H16ClNO4. The van der Waals surface area contributed by atoms with Crippen molar-refractivity contribution in [3.8, 4) is 0 Å². The second kappa shape index (κ2) is 6.72. The Kier molecular flexibility index (Phi) is 4.98. The molecule has 2 atom stereocenters. The van der Waals surface area contributed by atoms with E-state index in [4.69, 9.17) is 16.3 Å². The molecule has 2 rings (SSSR count). The highest BCUT2D eigenvalue weighted by molar-refractivity contribution is 6.30. The van der Waals surface area contributed by atoms with Gasteiger partial charge in [-0.1, -0.05) is 23.7 Å². The Morgan fingerprint density at radius 1 is 1.50 bits per heavy atom. The van der Waals surface area contributed by atoms with Crippen LogP contribution in [0.1, 0.15) is 12.0 Å². The van der Waals surface area contributed by atoms with E-state index in [0.29, 0.717) is 24.7 Å². The van der Waals surface area contributed by atoms with Crippen molar-refractivity contribution in [1.29, 1.82) is 0 Å². The highest BCUT2D eigenvalue weighted by atomic mass is 35.5. The van der Waals surface area contributed by atoms with Gasteiger partial charge in [0.25, 0.3) is 0 Å². The molecule has 0 aliphatic carbocycles. The number of carbonyl (C=O) groups excluding carboxylic acids is 1. The van der Waals surface area contributed by atoms with E-state index in [-0.39, 0.29) is 18.2 Å². The summed E-state index contributed by atoms with van der Waals surface area (Å²) in [6.07, 6.45) is 0.838. The molecule has 1 fully saturated rings. The lowest BCUT2D eigenvalue weighted by molar-refractivity contribution is -0.142. The van der Waals surface area contributed by atoms with Crippen LogP contribution in [0.15, 0.2) is 24.3 Å². The van der Waals surface area contributed by atoms with E-state index in [1.54, 1.807) is 24.3 Å². The van der Waals surface area contributed by atoms with E-state index < -0.39 is 12.0 Å². The number of aliphatic carboxylic acids is 1. The number of carboxylic acid groups (broad SMARTS) is 1. The zero-order chi connectivity index (χ0) is 14.5. The minimum Gasteiger partial charge on any atom is -0.480 e. The lowest BCUT2D eigenvalue weighted by Crippen LogP contribution is -2.45. The molecule has 108 valence electrons. The molecule has 2 N–H and O–H groups in total. The van der Waals surface area contributed by atoms with Crippen LogP contribution in [0.3, 0.4) is 0 Å². The van der Waals surface area contributed by atoms with Crippen LogP contribution >= 0.6 is 11.6 Å². The Morgan fingerprint density at radius 2 is 2.30 bits per heavy atom. The van der Waals surface area contributed by atoms with Gasteiger partial charge >= 0.3 is 5.97 Å². The minimum atomic E-state index is -1.06. The average Bonchev–Trinajstić information content (AvgIpc) is 2.91. The van der Waals surface area contributed by atoms with E-state index in [9.17, 15) is 14.7 Å². The van der Waals surface area contributed by atoms with Crippen LogP contribution in [-0.2, 0) is 20.7 Å². The van der Waals surface area contributed by atoms with Crippen LogP contribution in [0.25, 0.3) is 0 Å². The first kappa shape index (κ1) is 14.8. The third-order valence-electron chi connectivity index (χ3n) is 3.24. The normalized spacial score (nSPS) is 19.6. The summed E-state index contributed by atoms with van der Waals surface area (Å²) in [6, 6.07) is 5.99. The lowest BCUT2D eigenvalue weighted by atomic mass is 10.0. The Morgan fingerprint density at radius 3 is 2.90 bits per heavy atom. The number of hydrogen-bond donors (Lipinski definition) is 2. The van der Waals surface area contributed by atoms with Crippen LogP contribution in [-0.4, -0.2) is 36.2 Å². The van der Waals surface area contributed by atoms with Crippen molar-refractivity contribution in [3.63, 3.8) is 0 Å². The Hall–Kier alpha value is -1.59. The monoisotopic (exact) mass is 297 g/mol. The van der Waals surface area contributed by atoms with Crippen molar-refractivity contribution in [2.24, 2.45) is 5.92 Å². The Bertz CT molecular complexity index is 500. The third kappa shape index (κ3) is 3.95. The van der Waals surface area contributed by atoms with Gasteiger partial charge in [0.15, 0.2) is 0 Å². The molecule has 1 aromatic rings. The molecule has 1 saturated heterocycles. The van der Waals surface area contributed by atoms with E-state index in [2.05, 4.69) is 5.32 Å². The summed E-state index contributed by atoms with van der Waals surface area (Å²) < 4.78 is 5.13. The fourth-order valence-corrected chi connectivity index (χ4v) is 2.34. The number of benzene rings is 1. The van der Waals surface area contributed by atoms with Gasteiger partial charge in [-0.25, -0.2) is 4.79 Å². The van der Waals surface area contributed by atoms with Crippen molar-refractivity contribution >= 4 is 23.5 Å². The van der Waals surface area contributed by atoms with Gasteiger partial charge in [-0.05, 0) is 24.1 Å². The van der Waals surface area contributed by atoms with E-state index in [1.807, 2.05) is 0 Å². The van der Waals surface area contributed by atoms with Crippen LogP contribution in [0.2, 0.25) is 5.02 Å². The molecule has 1 aliphatic rings. The average molecular weight is 298 g/mol. The molecule has 0 spiro atoms. The smallest absolute Gasteiger partial charge is 0.326 e. The Balaban J connectivity index is 2.00. The van der Waals surface area contributed by atoms with Crippen molar-refractivity contribution < 1.29 is 19.4 Å². The first-order valence-electron chi connectivity index (χ1n) is 6.41. The van der Waals surface area contributed by atoms with Crippen LogP contribution in [0, 0.1) is 5.92 Å². The number of nitrogens with one attached hydrogen (secondary N) is 1. The summed E-state index contributed by atoms with van der Waals surface area (Å²) in [5, 5.41) is 12.3. The van der Waals surface area contributed by atoms with Gasteiger partial charge in [0.2, 0.25) is 5.91 Å². The van der Waals surface area contributed by atoms with E-state index in [0.717, 1.165) is 5.56 Å². The number of amides is 1. The number of ether oxygens (including phenoxy) is 1. The first-order chi connectivity index (χ1) is 9.56. The molecule has 1 amide bonds. The summed E-state index contributed by atoms with van der Waals surface area (Å²) in [6.45, 7) is 0.902. The first-order valence-corrected chi connectivity index (χ1v) is 6.79. The van der Waals surface area contributed by atoms with Crippen molar-refractivity contribution in [1.82, 2.24) is 5.32 Å². The highest BCUT2D eigenvalue weighted by Gasteiger charge is 2.28. The summed E-state index contributed by atoms with van der Waals surface area (Å²) >= 11 is 5.87. The van der Waals surface area contributed by atoms with Crippen molar-refractivity contribution in [2.45, 2.75) is 18.9 Å². The van der Waals surface area contributed by atoms with Gasteiger partial charge < -0.3 is 15.2 Å². The lowest BCUT2D eigenvalue weighted by Gasteiger charge is -2.17. The maximum absolute atomic E-state index is 11.9. The number of carbonyl (C=O) groups is 2. The van der Waals surface area contributed by atoms with Crippen LogP contribution in [0.4, 0.5) is 0 Å². The maximum Gasteiger partial charge on any atom is 0.326 e. The molecular weight excluding hydrogens is 282 g/mol. The van der Waals surface area contributed by atoms with Gasteiger partial charge in [0.05, 0.1) is 12.5 Å². The van der Waals surface area contributed by atoms with Gasteiger partial charge in [-0.3, -0.25) is 4.79 Å². The minimum absolute atomic E-state index is 0.204. The number of rotatable bonds is 5. The van der Waals surface area contributed by atoms with E-state index in [1.165, 1.54) is 0 Å². The fraction of sp³-hybridized carbons (Fsp3) is 0.429. The molecule has 1 heterocycles. The summed E-state index contributed by atoms with van der Waals surface area (Å²) in [4.78, 5) is 23.2. The molecule has 0 unspecified atom stereocenters. The molecule has 20 heavy (non-hydrogen) atoms. The molecule has 6 heteroatoms. The van der Waals surface area contributed by atoms with Crippen molar-refractivity contribution in [2.75, 3.05) is 13.2 Å². The molecule has 5 nitrogen and oxygen atoms in total. The van der Waals surface area contributed by atoms with Crippen LogP contribution in [0.5, 0.6) is 0 Å². The zero-order valence-corrected chi connectivity index (χ0v) is 11.6. The third-order valence-corrected chi connectivity index (χ3v) is 3.48. The maximum atomic E-state index is 11.9. The fourth-order valence-electron chi connectivity index (χ4n) is 2.13. The molecule has 1 aliphatic heterocycles. The number of carboxylic acids is 1. The molecule has 0 radical (unpaired) electrons. The van der Waals surface area contributed by atoms with Gasteiger partial charge in [0.1, 0.15) is 6.04 Å². The van der Waals surface area contributed by atoms with Gasteiger partial charge in [-0.15, -0.1) is 0 Å². The second-order valence-corrected chi connectivity index (χ2v) is 5.23. The highest BCUT2D eigenvalue weighted by Crippen LogP contribution is 2.15. The summed E-state index contributed by atoms with van der Waals surface area (Å²) in [5.74, 6) is -1.58. The largest absolute Gasteiger partial charge is 0.480 e. The second-order valence-electron chi connectivity index (χ2n) is 4.79. The molecule has 0 bridgehead atoms. The Labute approximate surface area is 121 Å². The number of halogens is 1. The SMILES string of the molecule is O=C(N[C@@H](Cc1cccc(Cl)c1)C(=O)O)[C@@H]1CCOC1. The zero-order valence-electron chi connectivity index (χ0n) is 10.8. The summed E-state index contributed by atoms with van der Waals surface area (Å²) in [7, 11) is 0. The van der Waals surface area contributed by atoms with Crippen LogP contribution < -0.4 is 5.32 Å². The topological polar surface area (TPSA) is 75.6 Å². The van der Waals surface area contributed by atoms with E-state index >= 15 is 0 Å². The quantitative estimate of drug-likeness (QED) is 0.863. The van der Waals surface area contributed by atoms with Gasteiger partial charge in [-0.2, -0.15) is 0 Å². The molecule has 0 saturated carbocycles. The molecule has 0 aromatic heterocycles. The standard InChI is InChI=1S/C14H16ClNO4/c15-11-3-1-2-9(6-11)7-12(14(18)19)16-13(17)10-4-5-20-8-10/h1-3,6,10,12H,4-5,7-8H2,(H,16,17)(H,18,19)/t10-,12+/m1/s1. The number of hydrogen-bond acceptors (Lipinski definition) is 3.